The van der Waals surface area contributed by atoms with Crippen LogP contribution in [0.2, 0.25) is 0 Å². The molecule has 3 aromatic carbocycles. The van der Waals surface area contributed by atoms with Crippen LogP contribution in [0, 0.1) is 5.92 Å². The van der Waals surface area contributed by atoms with Crippen LogP contribution in [-0.4, -0.2) is 72.8 Å². The summed E-state index contributed by atoms with van der Waals surface area (Å²) < 4.78 is 11.8. The van der Waals surface area contributed by atoms with Gasteiger partial charge in [-0.1, -0.05) is 37.3 Å². The van der Waals surface area contributed by atoms with E-state index in [4.69, 9.17) is 9.47 Å². The second-order valence-electron chi connectivity index (χ2n) is 10.7. The molecule has 9 heteroatoms. The van der Waals surface area contributed by atoms with Crippen molar-refractivity contribution in [1.82, 2.24) is 9.80 Å². The molecule has 1 aliphatic rings. The number of nitrogens with zero attached hydrogens (tertiary/aromatic N) is 2. The van der Waals surface area contributed by atoms with Crippen molar-refractivity contribution in [2.75, 3.05) is 44.5 Å². The smallest absolute Gasteiger partial charge is 0.323 e. The Morgan fingerprint density at radius 1 is 1.10 bits per heavy atom. The van der Waals surface area contributed by atoms with Crippen LogP contribution < -0.4 is 20.1 Å². The average Bonchev–Trinajstić information content (AvgIpc) is 3.01. The Bertz CT molecular complexity index is 1300. The molecule has 3 amide bonds. The van der Waals surface area contributed by atoms with Crippen molar-refractivity contribution in [1.29, 1.82) is 0 Å². The highest BCUT2D eigenvalue weighted by Crippen LogP contribution is 2.29. The molecule has 41 heavy (non-hydrogen) atoms. The number of anilines is 2. The van der Waals surface area contributed by atoms with Gasteiger partial charge in [0.25, 0.3) is 0 Å². The van der Waals surface area contributed by atoms with Crippen molar-refractivity contribution in [3.8, 4) is 11.5 Å². The van der Waals surface area contributed by atoms with Gasteiger partial charge in [0.1, 0.15) is 17.6 Å². The summed E-state index contributed by atoms with van der Waals surface area (Å²) in [6, 6.07) is 21.9. The van der Waals surface area contributed by atoms with Gasteiger partial charge in [0, 0.05) is 42.5 Å². The van der Waals surface area contributed by atoms with Crippen LogP contribution in [0.4, 0.5) is 16.2 Å². The molecule has 0 bridgehead atoms. The molecule has 3 N–H and O–H groups in total. The predicted octanol–water partition coefficient (Wildman–Crippen LogP) is 4.62. The molecule has 218 valence electrons. The lowest BCUT2D eigenvalue weighted by Gasteiger charge is -2.34. The lowest BCUT2D eigenvalue weighted by atomic mass is 10.0. The molecule has 0 aliphatic carbocycles. The minimum Gasteiger partial charge on any atom is -0.497 e. The maximum absolute atomic E-state index is 13.5. The molecule has 3 atom stereocenters. The number of nitrogens with one attached hydrogen (secondary N) is 2. The van der Waals surface area contributed by atoms with Gasteiger partial charge in [-0.25, -0.2) is 4.79 Å². The van der Waals surface area contributed by atoms with Gasteiger partial charge in [0.05, 0.1) is 26.2 Å². The first-order valence-corrected chi connectivity index (χ1v) is 13.9. The van der Waals surface area contributed by atoms with Crippen LogP contribution in [0.1, 0.15) is 25.0 Å². The lowest BCUT2D eigenvalue weighted by Crippen LogP contribution is -2.47. The molecule has 1 heterocycles. The van der Waals surface area contributed by atoms with Gasteiger partial charge in [-0.15, -0.1) is 0 Å². The largest absolute Gasteiger partial charge is 0.497 e. The molecular weight excluding hydrogens is 520 g/mol. The number of carbonyl (C=O) groups is 2. The van der Waals surface area contributed by atoms with Crippen molar-refractivity contribution in [3.05, 3.63) is 83.9 Å². The third-order valence-corrected chi connectivity index (χ3v) is 7.31. The van der Waals surface area contributed by atoms with Gasteiger partial charge in [-0.2, -0.15) is 0 Å². The molecule has 0 unspecified atom stereocenters. The predicted molar refractivity (Wildman–Crippen MR) is 160 cm³/mol. The highest BCUT2D eigenvalue weighted by Gasteiger charge is 2.31. The van der Waals surface area contributed by atoms with Crippen molar-refractivity contribution in [3.63, 3.8) is 0 Å². The van der Waals surface area contributed by atoms with E-state index in [2.05, 4.69) is 41.6 Å². The zero-order valence-corrected chi connectivity index (χ0v) is 24.2. The number of carbonyl (C=O) groups excluding carboxylic acids is 2. The number of benzene rings is 3. The molecule has 1 aliphatic heterocycles. The fourth-order valence-electron chi connectivity index (χ4n) is 4.96. The SMILES string of the molecule is COc1ccc(NC(=O)Nc2ccc3c(c2)CC(=O)N([C@H](C)CO)C[C@@H](C)[C@H](CN(C)Cc2ccccc2)O3)cc1. The van der Waals surface area contributed by atoms with Gasteiger partial charge in [-0.3, -0.25) is 9.69 Å². The van der Waals surface area contributed by atoms with Crippen LogP contribution in [0.5, 0.6) is 11.5 Å². The fraction of sp³-hybridized carbons (Fsp3) is 0.375. The molecule has 0 fully saturated rings. The van der Waals surface area contributed by atoms with Crippen molar-refractivity contribution >= 4 is 23.3 Å². The van der Waals surface area contributed by atoms with Gasteiger partial charge < -0.3 is 30.1 Å². The van der Waals surface area contributed by atoms with E-state index in [1.807, 2.05) is 31.2 Å². The molecule has 9 nitrogen and oxygen atoms in total. The first-order chi connectivity index (χ1) is 19.7. The number of methoxy groups -OCH3 is 1. The maximum atomic E-state index is 13.5. The second-order valence-corrected chi connectivity index (χ2v) is 10.7. The van der Waals surface area contributed by atoms with Crippen molar-refractivity contribution < 1.29 is 24.2 Å². The Labute approximate surface area is 242 Å². The zero-order chi connectivity index (χ0) is 29.4. The second kappa shape index (κ2) is 14.0. The number of aliphatic hydroxyl groups is 1. The fourth-order valence-corrected chi connectivity index (χ4v) is 4.96. The average molecular weight is 561 g/mol. The minimum atomic E-state index is -0.407. The minimum absolute atomic E-state index is 0.00481. The van der Waals surface area contributed by atoms with E-state index in [1.165, 1.54) is 5.56 Å². The quantitative estimate of drug-likeness (QED) is 0.353. The molecular formula is C32H40N4O5. The van der Waals surface area contributed by atoms with E-state index in [9.17, 15) is 14.7 Å². The molecule has 4 rings (SSSR count). The number of likely N-dealkylation sites (N-methyl/N-ethyl adjacent to an activating group) is 1. The number of fused-ring (bicyclic) bond motifs is 1. The van der Waals surface area contributed by atoms with Crippen LogP contribution in [0.3, 0.4) is 0 Å². The molecule has 0 spiro atoms. The Kier molecular flexibility index (Phi) is 10.2. The van der Waals surface area contributed by atoms with Gasteiger partial charge in [-0.05, 0) is 62.0 Å². The summed E-state index contributed by atoms with van der Waals surface area (Å²) in [7, 11) is 3.64. The van der Waals surface area contributed by atoms with Crippen LogP contribution in [0.15, 0.2) is 72.8 Å². The summed E-state index contributed by atoms with van der Waals surface area (Å²) in [6.07, 6.45) is -0.117. The standard InChI is InChI=1S/C32H40N4O5/c1-22-18-36(23(2)21-37)31(38)17-25-16-27(34-32(39)33-26-10-13-28(40-4)14-11-26)12-15-29(25)41-30(22)20-35(3)19-24-8-6-5-7-9-24/h5-16,22-23,30,37H,17-21H2,1-4H3,(H2,33,34,39)/t22-,23-,30+/m1/s1. The summed E-state index contributed by atoms with van der Waals surface area (Å²) in [5, 5.41) is 15.5. The number of ether oxygens (including phenoxy) is 2. The van der Waals surface area contributed by atoms with Crippen LogP contribution >= 0.6 is 0 Å². The van der Waals surface area contributed by atoms with E-state index >= 15 is 0 Å². The number of hydrogen-bond donors (Lipinski definition) is 3. The van der Waals surface area contributed by atoms with Crippen molar-refractivity contribution in [2.45, 2.75) is 39.0 Å². The van der Waals surface area contributed by atoms with E-state index in [-0.39, 0.29) is 37.0 Å². The number of amides is 3. The molecule has 0 aromatic heterocycles. The normalized spacial score (nSPS) is 17.9. The van der Waals surface area contributed by atoms with E-state index in [0.717, 1.165) is 6.54 Å². The highest BCUT2D eigenvalue weighted by molar-refractivity contribution is 6.00. The number of hydrogen-bond acceptors (Lipinski definition) is 6. The first-order valence-electron chi connectivity index (χ1n) is 13.9. The number of urea groups is 1. The first kappa shape index (κ1) is 29.9. The number of rotatable bonds is 9. The summed E-state index contributed by atoms with van der Waals surface area (Å²) >= 11 is 0. The molecule has 0 radical (unpaired) electrons. The topological polar surface area (TPSA) is 103 Å². The van der Waals surface area contributed by atoms with Gasteiger partial charge in [0.2, 0.25) is 5.91 Å². The van der Waals surface area contributed by atoms with Gasteiger partial charge in [0.15, 0.2) is 0 Å². The molecule has 0 saturated carbocycles. The number of aliphatic hydroxyl groups excluding tert-OH is 1. The maximum Gasteiger partial charge on any atom is 0.323 e. The van der Waals surface area contributed by atoms with Crippen LogP contribution in [0.25, 0.3) is 0 Å². The third-order valence-electron chi connectivity index (χ3n) is 7.31. The Morgan fingerprint density at radius 3 is 2.46 bits per heavy atom. The monoisotopic (exact) mass is 560 g/mol. The summed E-state index contributed by atoms with van der Waals surface area (Å²) in [5.41, 5.74) is 3.05. The lowest BCUT2D eigenvalue weighted by molar-refractivity contribution is -0.134. The van der Waals surface area contributed by atoms with E-state index in [1.54, 1.807) is 48.4 Å². The molecule has 0 saturated heterocycles. The third kappa shape index (κ3) is 8.22. The summed E-state index contributed by atoms with van der Waals surface area (Å²) in [5.74, 6) is 1.22. The van der Waals surface area contributed by atoms with Crippen molar-refractivity contribution in [2.24, 2.45) is 5.92 Å². The van der Waals surface area contributed by atoms with Crippen LogP contribution in [-0.2, 0) is 17.8 Å². The molecule has 3 aromatic rings. The Balaban J connectivity index is 1.54. The van der Waals surface area contributed by atoms with E-state index < -0.39 is 6.03 Å². The summed E-state index contributed by atoms with van der Waals surface area (Å²) in [6.45, 7) is 5.68. The Morgan fingerprint density at radius 2 is 1.78 bits per heavy atom. The summed E-state index contributed by atoms with van der Waals surface area (Å²) in [4.78, 5) is 30.1. The van der Waals surface area contributed by atoms with E-state index in [0.29, 0.717) is 41.5 Å². The Hall–Kier alpha value is -4.08. The zero-order valence-electron chi connectivity index (χ0n) is 24.2. The highest BCUT2D eigenvalue weighted by atomic mass is 16.5. The van der Waals surface area contributed by atoms with Gasteiger partial charge >= 0.3 is 6.03 Å².